The number of amides is 1. The first-order valence-corrected chi connectivity index (χ1v) is 8.47. The van der Waals surface area contributed by atoms with Gasteiger partial charge in [0.05, 0.1) is 0 Å². The van der Waals surface area contributed by atoms with Crippen molar-refractivity contribution in [1.82, 2.24) is 15.3 Å². The van der Waals surface area contributed by atoms with Crippen molar-refractivity contribution in [2.24, 2.45) is 0 Å². The predicted octanol–water partition coefficient (Wildman–Crippen LogP) is 2.83. The zero-order valence-electron chi connectivity index (χ0n) is 12.7. The van der Waals surface area contributed by atoms with E-state index in [4.69, 9.17) is 0 Å². The Morgan fingerprint density at radius 1 is 1.00 bits per heavy atom. The molecular weight excluding hydrogens is 273 g/mol. The number of benzene rings is 1. The van der Waals surface area contributed by atoms with Gasteiger partial charge in [-0.1, -0.05) is 17.7 Å². The van der Waals surface area contributed by atoms with Crippen molar-refractivity contribution >= 4 is 13.5 Å². The Morgan fingerprint density at radius 3 is 1.85 bits per heavy atom. The standard InChI is InChI=1S/C14H24N3O2P/c1-10(2)15-20(19,16-11(3)4)17-14(18)13-8-6-12(5)7-9-13/h6-11H,1-5H3,(H3,15,16,17,18,19). The van der Waals surface area contributed by atoms with Gasteiger partial charge in [0.1, 0.15) is 0 Å². The maximum atomic E-state index is 12.7. The monoisotopic (exact) mass is 297 g/mol. The Morgan fingerprint density at radius 2 is 1.45 bits per heavy atom. The summed E-state index contributed by atoms with van der Waals surface area (Å²) >= 11 is 0. The van der Waals surface area contributed by atoms with E-state index in [1.54, 1.807) is 12.1 Å². The summed E-state index contributed by atoms with van der Waals surface area (Å²) < 4.78 is 12.7. The van der Waals surface area contributed by atoms with E-state index in [1.165, 1.54) is 0 Å². The fourth-order valence-electron chi connectivity index (χ4n) is 1.74. The molecule has 0 saturated heterocycles. The molecule has 0 saturated carbocycles. The SMILES string of the molecule is Cc1ccc(C(=O)NP(=O)(NC(C)C)NC(C)C)cc1. The maximum Gasteiger partial charge on any atom is 0.306 e. The molecule has 0 radical (unpaired) electrons. The number of carbonyl (C=O) groups is 1. The van der Waals surface area contributed by atoms with Crippen molar-refractivity contribution in [2.75, 3.05) is 0 Å². The highest BCUT2D eigenvalue weighted by atomic mass is 31.2. The molecule has 1 aromatic rings. The minimum Gasteiger partial charge on any atom is -0.279 e. The molecule has 112 valence electrons. The van der Waals surface area contributed by atoms with E-state index < -0.39 is 7.59 Å². The van der Waals surface area contributed by atoms with Crippen LogP contribution in [0.3, 0.4) is 0 Å². The second kappa shape index (κ2) is 7.02. The van der Waals surface area contributed by atoms with Gasteiger partial charge in [0, 0.05) is 17.6 Å². The van der Waals surface area contributed by atoms with E-state index in [9.17, 15) is 9.36 Å². The quantitative estimate of drug-likeness (QED) is 0.706. The molecule has 20 heavy (non-hydrogen) atoms. The van der Waals surface area contributed by atoms with Crippen molar-refractivity contribution in [3.63, 3.8) is 0 Å². The molecule has 0 atom stereocenters. The first-order valence-electron chi connectivity index (χ1n) is 6.77. The second-order valence-corrected chi connectivity index (χ2v) is 7.44. The zero-order valence-corrected chi connectivity index (χ0v) is 13.6. The predicted molar refractivity (Wildman–Crippen MR) is 82.8 cm³/mol. The molecule has 0 aliphatic heterocycles. The van der Waals surface area contributed by atoms with Gasteiger partial charge in [0.2, 0.25) is 0 Å². The lowest BCUT2D eigenvalue weighted by Gasteiger charge is -2.25. The van der Waals surface area contributed by atoms with Gasteiger partial charge in [-0.25, -0.2) is 10.2 Å². The lowest BCUT2D eigenvalue weighted by Crippen LogP contribution is -2.40. The van der Waals surface area contributed by atoms with E-state index in [2.05, 4.69) is 15.3 Å². The summed E-state index contributed by atoms with van der Waals surface area (Å²) in [7, 11) is -3.16. The third-order valence-electron chi connectivity index (χ3n) is 2.45. The Hall–Kier alpha value is -1.16. The van der Waals surface area contributed by atoms with Gasteiger partial charge < -0.3 is 0 Å². The molecule has 1 amide bonds. The largest absolute Gasteiger partial charge is 0.306 e. The van der Waals surface area contributed by atoms with Crippen LogP contribution in [0.5, 0.6) is 0 Å². The summed E-state index contributed by atoms with van der Waals surface area (Å²) in [4.78, 5) is 12.2. The average molecular weight is 297 g/mol. The fraction of sp³-hybridized carbons (Fsp3) is 0.500. The van der Waals surface area contributed by atoms with Crippen LogP contribution in [0.15, 0.2) is 24.3 Å². The Kier molecular flexibility index (Phi) is 5.93. The third-order valence-corrected chi connectivity index (χ3v) is 4.73. The van der Waals surface area contributed by atoms with E-state index in [1.807, 2.05) is 46.8 Å². The number of carbonyl (C=O) groups excluding carboxylic acids is 1. The van der Waals surface area contributed by atoms with Crippen molar-refractivity contribution in [1.29, 1.82) is 0 Å². The van der Waals surface area contributed by atoms with Gasteiger partial charge in [-0.3, -0.25) is 14.4 Å². The third kappa shape index (κ3) is 5.45. The molecule has 1 aromatic carbocycles. The number of aryl methyl sites for hydroxylation is 1. The number of hydrogen-bond donors (Lipinski definition) is 3. The smallest absolute Gasteiger partial charge is 0.279 e. The van der Waals surface area contributed by atoms with Crippen molar-refractivity contribution in [3.8, 4) is 0 Å². The maximum absolute atomic E-state index is 12.7. The van der Waals surface area contributed by atoms with Crippen LogP contribution in [0.25, 0.3) is 0 Å². The van der Waals surface area contributed by atoms with Crippen LogP contribution in [0.4, 0.5) is 0 Å². The van der Waals surface area contributed by atoms with E-state index >= 15 is 0 Å². The molecule has 3 N–H and O–H groups in total. The van der Waals surface area contributed by atoms with Crippen LogP contribution in [-0.4, -0.2) is 18.0 Å². The van der Waals surface area contributed by atoms with Crippen molar-refractivity contribution < 1.29 is 9.36 Å². The summed E-state index contributed by atoms with van der Waals surface area (Å²) in [6, 6.07) is 7.13. The van der Waals surface area contributed by atoms with Gasteiger partial charge in [-0.2, -0.15) is 0 Å². The molecule has 0 aliphatic carbocycles. The van der Waals surface area contributed by atoms with Crippen LogP contribution in [0.1, 0.15) is 43.6 Å². The van der Waals surface area contributed by atoms with Gasteiger partial charge in [0.15, 0.2) is 0 Å². The van der Waals surface area contributed by atoms with E-state index in [0.717, 1.165) is 5.56 Å². The highest BCUT2D eigenvalue weighted by Gasteiger charge is 2.26. The molecule has 0 aliphatic rings. The fourth-order valence-corrected chi connectivity index (χ4v) is 3.81. The number of rotatable bonds is 6. The Labute approximate surface area is 121 Å². The van der Waals surface area contributed by atoms with E-state index in [0.29, 0.717) is 5.56 Å². The highest BCUT2D eigenvalue weighted by molar-refractivity contribution is 7.58. The van der Waals surface area contributed by atoms with Crippen LogP contribution in [0.2, 0.25) is 0 Å². The summed E-state index contributed by atoms with van der Waals surface area (Å²) in [6.45, 7) is 9.48. The molecule has 5 nitrogen and oxygen atoms in total. The van der Waals surface area contributed by atoms with Gasteiger partial charge in [-0.15, -0.1) is 0 Å². The Balaban J connectivity index is 2.86. The molecular formula is C14H24N3O2P. The summed E-state index contributed by atoms with van der Waals surface area (Å²) in [5.74, 6) is -0.352. The van der Waals surface area contributed by atoms with Gasteiger partial charge in [0.25, 0.3) is 5.91 Å². The minimum atomic E-state index is -3.16. The Bertz CT molecular complexity index is 484. The number of hydrogen-bond acceptors (Lipinski definition) is 2. The van der Waals surface area contributed by atoms with Crippen LogP contribution in [-0.2, 0) is 4.57 Å². The summed E-state index contributed by atoms with van der Waals surface area (Å²) in [5, 5.41) is 8.41. The molecule has 0 aromatic heterocycles. The average Bonchev–Trinajstić information content (AvgIpc) is 2.26. The lowest BCUT2D eigenvalue weighted by molar-refractivity contribution is 0.0979. The van der Waals surface area contributed by atoms with Gasteiger partial charge >= 0.3 is 7.59 Å². The molecule has 0 fully saturated rings. The van der Waals surface area contributed by atoms with Crippen LogP contribution in [0, 0.1) is 6.92 Å². The van der Waals surface area contributed by atoms with Crippen molar-refractivity contribution in [3.05, 3.63) is 35.4 Å². The first kappa shape index (κ1) is 16.9. The number of nitrogens with one attached hydrogen (secondary N) is 3. The van der Waals surface area contributed by atoms with Crippen LogP contribution < -0.4 is 15.3 Å². The highest BCUT2D eigenvalue weighted by Crippen LogP contribution is 2.32. The van der Waals surface area contributed by atoms with Crippen LogP contribution >= 0.6 is 7.59 Å². The summed E-state index contributed by atoms with van der Waals surface area (Å²) in [6.07, 6.45) is 0. The molecule has 1 rings (SSSR count). The van der Waals surface area contributed by atoms with Crippen molar-refractivity contribution in [2.45, 2.75) is 46.7 Å². The minimum absolute atomic E-state index is 0.00889. The molecule has 6 heteroatoms. The lowest BCUT2D eigenvalue weighted by atomic mass is 10.1. The summed E-state index contributed by atoms with van der Waals surface area (Å²) in [5.41, 5.74) is 1.57. The molecule has 0 heterocycles. The molecule has 0 unspecified atom stereocenters. The van der Waals surface area contributed by atoms with E-state index in [-0.39, 0.29) is 18.0 Å². The van der Waals surface area contributed by atoms with Gasteiger partial charge in [-0.05, 0) is 46.8 Å². The molecule has 0 spiro atoms. The second-order valence-electron chi connectivity index (χ2n) is 5.48. The normalized spacial score (nSPS) is 11.9. The zero-order chi connectivity index (χ0) is 15.3. The molecule has 0 bridgehead atoms. The first-order chi connectivity index (χ1) is 9.22. The topological polar surface area (TPSA) is 70.2 Å².